The van der Waals surface area contributed by atoms with Crippen molar-refractivity contribution < 1.29 is 44.0 Å². The summed E-state index contributed by atoms with van der Waals surface area (Å²) in [6, 6.07) is -2.31. The fourth-order valence-corrected chi connectivity index (χ4v) is 4.60. The van der Waals surface area contributed by atoms with E-state index in [1.807, 2.05) is 0 Å². The first-order chi connectivity index (χ1) is 15.4. The van der Waals surface area contributed by atoms with E-state index in [0.717, 1.165) is 4.90 Å². The summed E-state index contributed by atoms with van der Waals surface area (Å²) in [6.45, 7) is -1.10. The maximum Gasteiger partial charge on any atom is 0.407 e. The molecule has 2 aliphatic rings. The summed E-state index contributed by atoms with van der Waals surface area (Å²) in [4.78, 5) is 60.0. The van der Waals surface area contributed by atoms with Gasteiger partial charge in [0.25, 0.3) is 5.91 Å². The molecule has 0 aromatic rings. The van der Waals surface area contributed by atoms with Crippen LogP contribution >= 0.6 is 46.6 Å². The van der Waals surface area contributed by atoms with Crippen LogP contribution in [0.4, 0.5) is 4.79 Å². The predicted octanol–water partition coefficient (Wildman–Crippen LogP) is 0.437. The third-order valence-electron chi connectivity index (χ3n) is 4.61. The number of carboxylic acid groups (broad SMARTS) is 2. The fraction of sp³-hybridized carbons (Fsp3) is 0.588. The maximum atomic E-state index is 12.4. The van der Waals surface area contributed by atoms with E-state index in [2.05, 4.69) is 15.4 Å². The lowest BCUT2D eigenvalue weighted by Gasteiger charge is -2.49. The van der Waals surface area contributed by atoms with Gasteiger partial charge in [0.05, 0.1) is 6.61 Å². The SMILES string of the molecule is O=C(CCC[C@@H](NC(=O)OCC(Cl)(Cl)Cl)C(=O)O)N[C@@H]1C(=O)N2C(C(=O)O)=C(CO)CS[C@H]12. The molecule has 3 amide bonds. The molecule has 5 N–H and O–H groups in total. The summed E-state index contributed by atoms with van der Waals surface area (Å²) in [7, 11) is 0. The van der Waals surface area contributed by atoms with Crippen molar-refractivity contribution >= 4 is 76.4 Å². The largest absolute Gasteiger partial charge is 0.480 e. The van der Waals surface area contributed by atoms with Gasteiger partial charge in [0.1, 0.15) is 29.8 Å². The van der Waals surface area contributed by atoms with Gasteiger partial charge in [-0.1, -0.05) is 34.8 Å². The number of thioether (sulfide) groups is 1. The highest BCUT2D eigenvalue weighted by molar-refractivity contribution is 8.00. The molecule has 3 atom stereocenters. The van der Waals surface area contributed by atoms with Crippen molar-refractivity contribution in [3.63, 3.8) is 0 Å². The summed E-state index contributed by atoms with van der Waals surface area (Å²) in [6.07, 6.45) is -1.35. The minimum absolute atomic E-state index is 0.0465. The van der Waals surface area contributed by atoms with Crippen molar-refractivity contribution in [3.8, 4) is 0 Å². The van der Waals surface area contributed by atoms with Gasteiger partial charge in [0.15, 0.2) is 0 Å². The van der Waals surface area contributed by atoms with Gasteiger partial charge in [-0.2, -0.15) is 0 Å². The molecule has 0 bridgehead atoms. The van der Waals surface area contributed by atoms with E-state index >= 15 is 0 Å². The highest BCUT2D eigenvalue weighted by Gasteiger charge is 2.54. The molecule has 0 unspecified atom stereocenters. The molecule has 12 nitrogen and oxygen atoms in total. The van der Waals surface area contributed by atoms with Crippen molar-refractivity contribution in [1.82, 2.24) is 15.5 Å². The lowest BCUT2D eigenvalue weighted by atomic mass is 10.0. The second kappa shape index (κ2) is 11.5. The van der Waals surface area contributed by atoms with Crippen LogP contribution in [-0.2, 0) is 23.9 Å². The molecule has 0 radical (unpaired) electrons. The molecule has 1 fully saturated rings. The number of nitrogens with zero attached hydrogens (tertiary/aromatic N) is 1. The Hall–Kier alpha value is -1.93. The zero-order chi connectivity index (χ0) is 24.9. The number of ether oxygens (including phenoxy) is 1. The number of amides is 3. The molecule has 0 aliphatic carbocycles. The first-order valence-electron chi connectivity index (χ1n) is 9.38. The topological polar surface area (TPSA) is 183 Å². The molecule has 0 aromatic carbocycles. The van der Waals surface area contributed by atoms with Gasteiger partial charge in [0, 0.05) is 12.2 Å². The van der Waals surface area contributed by atoms with Crippen LogP contribution in [0.15, 0.2) is 11.3 Å². The Labute approximate surface area is 206 Å². The lowest BCUT2D eigenvalue weighted by molar-refractivity contribution is -0.150. The fourth-order valence-electron chi connectivity index (χ4n) is 3.11. The van der Waals surface area contributed by atoms with Crippen molar-refractivity contribution in [2.75, 3.05) is 19.0 Å². The molecule has 33 heavy (non-hydrogen) atoms. The number of rotatable bonds is 10. The van der Waals surface area contributed by atoms with Crippen LogP contribution in [0.25, 0.3) is 0 Å². The van der Waals surface area contributed by atoms with Gasteiger partial charge in [-0.25, -0.2) is 14.4 Å². The Morgan fingerprint density at radius 1 is 1.24 bits per heavy atom. The molecule has 184 valence electrons. The van der Waals surface area contributed by atoms with E-state index in [0.29, 0.717) is 0 Å². The third-order valence-corrected chi connectivity index (χ3v) is 6.28. The number of aliphatic carboxylic acids is 2. The van der Waals surface area contributed by atoms with Gasteiger partial charge in [-0.05, 0) is 18.4 Å². The Bertz CT molecular complexity index is 864. The highest BCUT2D eigenvalue weighted by Crippen LogP contribution is 2.40. The number of alkyl halides is 3. The molecule has 2 aliphatic heterocycles. The highest BCUT2D eigenvalue weighted by atomic mass is 35.6. The minimum atomic E-state index is -1.86. The second-order valence-electron chi connectivity index (χ2n) is 6.99. The number of aliphatic hydroxyl groups is 1. The van der Waals surface area contributed by atoms with Crippen LogP contribution in [0.2, 0.25) is 0 Å². The smallest absolute Gasteiger partial charge is 0.407 e. The quantitative estimate of drug-likeness (QED) is 0.190. The van der Waals surface area contributed by atoms with Crippen LogP contribution in [0.3, 0.4) is 0 Å². The van der Waals surface area contributed by atoms with Crippen LogP contribution in [0.5, 0.6) is 0 Å². The van der Waals surface area contributed by atoms with Gasteiger partial charge < -0.3 is 30.7 Å². The predicted molar refractivity (Wildman–Crippen MR) is 117 cm³/mol. The number of nitrogens with one attached hydrogen (secondary N) is 2. The standard InChI is InChI=1S/C17H20Cl3N3O9S/c18-17(19,20)6-32-16(31)21-8(14(27)28)2-1-3-9(25)22-10-12(26)23-11(15(29)30)7(4-24)5-33-13(10)23/h8,10,13,24H,1-6H2,(H,21,31)(H,22,25)(H,27,28)(H,29,30)/t8-,10-,13-/m1/s1. The number of carbonyl (C=O) groups is 5. The van der Waals surface area contributed by atoms with Crippen LogP contribution < -0.4 is 10.6 Å². The number of hydrogen-bond acceptors (Lipinski definition) is 8. The van der Waals surface area contributed by atoms with Gasteiger partial charge in [0.2, 0.25) is 9.70 Å². The summed E-state index contributed by atoms with van der Waals surface area (Å²) < 4.78 is 2.74. The van der Waals surface area contributed by atoms with Crippen molar-refractivity contribution in [2.45, 2.75) is 40.5 Å². The van der Waals surface area contributed by atoms with Crippen molar-refractivity contribution in [1.29, 1.82) is 0 Å². The van der Waals surface area contributed by atoms with Crippen LogP contribution in [-0.4, -0.2) is 90.3 Å². The number of hydrogen-bond donors (Lipinski definition) is 5. The van der Waals surface area contributed by atoms with E-state index in [1.54, 1.807) is 0 Å². The molecular formula is C17H20Cl3N3O9S. The number of carboxylic acids is 2. The number of aliphatic hydroxyl groups excluding tert-OH is 1. The molecule has 0 saturated carbocycles. The molecule has 1 saturated heterocycles. The average Bonchev–Trinajstić information content (AvgIpc) is 2.73. The monoisotopic (exact) mass is 547 g/mol. The van der Waals surface area contributed by atoms with Gasteiger partial charge in [-0.15, -0.1) is 11.8 Å². The first-order valence-corrected chi connectivity index (χ1v) is 11.6. The zero-order valence-electron chi connectivity index (χ0n) is 16.8. The van der Waals surface area contributed by atoms with E-state index in [9.17, 15) is 39.3 Å². The summed E-state index contributed by atoms with van der Waals surface area (Å²) in [5.41, 5.74) is -0.0739. The zero-order valence-corrected chi connectivity index (χ0v) is 19.8. The Kier molecular flexibility index (Phi) is 9.49. The number of halogens is 3. The van der Waals surface area contributed by atoms with E-state index < -0.39 is 64.3 Å². The van der Waals surface area contributed by atoms with Crippen LogP contribution in [0, 0.1) is 0 Å². The summed E-state index contributed by atoms with van der Waals surface area (Å²) in [5.74, 6) is -3.69. The van der Waals surface area contributed by atoms with Gasteiger partial charge >= 0.3 is 18.0 Å². The number of β-lactam (4-membered cyclic amide) rings is 1. The van der Waals surface area contributed by atoms with E-state index in [1.165, 1.54) is 11.8 Å². The summed E-state index contributed by atoms with van der Waals surface area (Å²) >= 11 is 17.5. The number of alkyl carbamates (subject to hydrolysis) is 1. The Morgan fingerprint density at radius 2 is 1.91 bits per heavy atom. The lowest BCUT2D eigenvalue weighted by Crippen LogP contribution is -2.70. The average molecular weight is 549 g/mol. The summed E-state index contributed by atoms with van der Waals surface area (Å²) in [5, 5.41) is 31.8. The normalized spacial score (nSPS) is 21.0. The van der Waals surface area contributed by atoms with Gasteiger partial charge in [-0.3, -0.25) is 14.5 Å². The van der Waals surface area contributed by atoms with Crippen LogP contribution in [0.1, 0.15) is 19.3 Å². The van der Waals surface area contributed by atoms with Crippen molar-refractivity contribution in [3.05, 3.63) is 11.3 Å². The minimum Gasteiger partial charge on any atom is -0.480 e. The molecule has 0 spiro atoms. The second-order valence-corrected chi connectivity index (χ2v) is 10.6. The first kappa shape index (κ1) is 27.3. The number of fused-ring (bicyclic) bond motifs is 1. The maximum absolute atomic E-state index is 12.4. The number of carbonyl (C=O) groups excluding carboxylic acids is 3. The molecule has 0 aromatic heterocycles. The molecule has 2 heterocycles. The van der Waals surface area contributed by atoms with Crippen molar-refractivity contribution in [2.24, 2.45) is 0 Å². The molecule has 16 heteroatoms. The Morgan fingerprint density at radius 3 is 2.45 bits per heavy atom. The van der Waals surface area contributed by atoms with E-state index in [4.69, 9.17) is 34.8 Å². The Balaban J connectivity index is 1.83. The third kappa shape index (κ3) is 7.27. The molecule has 2 rings (SSSR count). The van der Waals surface area contributed by atoms with E-state index in [-0.39, 0.29) is 36.3 Å². The molecular weight excluding hydrogens is 529 g/mol.